The molecule has 3 aromatic rings. The molecule has 0 aliphatic rings. The maximum atomic E-state index is 12.1. The van der Waals surface area contributed by atoms with E-state index in [-0.39, 0.29) is 0 Å². The van der Waals surface area contributed by atoms with E-state index in [2.05, 4.69) is 6.07 Å². The summed E-state index contributed by atoms with van der Waals surface area (Å²) in [6.45, 7) is 0. The molecule has 1 aromatic heterocycles. The highest BCUT2D eigenvalue weighted by atomic mass is 35.5. The lowest BCUT2D eigenvalue weighted by Gasteiger charge is -2.09. The van der Waals surface area contributed by atoms with Gasteiger partial charge >= 0.3 is 5.97 Å². The predicted octanol–water partition coefficient (Wildman–Crippen LogP) is 5.69. The molecule has 0 N–H and O–H groups in total. The average Bonchev–Trinajstić information content (AvgIpc) is 3.22. The van der Waals surface area contributed by atoms with E-state index in [1.54, 1.807) is 60.0 Å². The fraction of sp³-hybridized carbons (Fsp3) is 0.0476. The molecule has 3 rings (SSSR count). The number of hydrogen-bond acceptors (Lipinski definition) is 5. The van der Waals surface area contributed by atoms with Crippen LogP contribution in [0.4, 0.5) is 0 Å². The van der Waals surface area contributed by atoms with E-state index in [9.17, 15) is 10.1 Å². The van der Waals surface area contributed by atoms with Crippen LogP contribution in [0, 0.1) is 11.3 Å². The molecule has 0 saturated carbocycles. The van der Waals surface area contributed by atoms with Crippen molar-refractivity contribution in [1.29, 1.82) is 5.26 Å². The van der Waals surface area contributed by atoms with Crippen LogP contribution in [0.2, 0.25) is 5.02 Å². The molecule has 1 heterocycles. The Bertz CT molecular complexity index is 1040. The lowest BCUT2D eigenvalue weighted by Crippen LogP contribution is -2.07. The minimum atomic E-state index is -0.441. The van der Waals surface area contributed by atoms with Crippen molar-refractivity contribution in [2.45, 2.75) is 0 Å². The summed E-state index contributed by atoms with van der Waals surface area (Å²) >= 11 is 7.31. The van der Waals surface area contributed by atoms with Gasteiger partial charge in [0.05, 0.1) is 18.8 Å². The number of hydrogen-bond donors (Lipinski definition) is 0. The summed E-state index contributed by atoms with van der Waals surface area (Å²) in [4.78, 5) is 12.6. The van der Waals surface area contributed by atoms with E-state index < -0.39 is 5.97 Å². The normalized spacial score (nSPS) is 10.9. The van der Waals surface area contributed by atoms with Gasteiger partial charge < -0.3 is 9.47 Å². The summed E-state index contributed by atoms with van der Waals surface area (Å²) in [5.74, 6) is 0.273. The van der Waals surface area contributed by atoms with Crippen molar-refractivity contribution in [1.82, 2.24) is 0 Å². The number of esters is 1. The van der Waals surface area contributed by atoms with E-state index in [0.717, 1.165) is 11.1 Å². The van der Waals surface area contributed by atoms with Crippen LogP contribution in [0.15, 0.2) is 60.0 Å². The van der Waals surface area contributed by atoms with Gasteiger partial charge in [-0.3, -0.25) is 0 Å². The number of halogens is 1. The summed E-state index contributed by atoms with van der Waals surface area (Å²) in [5.41, 5.74) is 1.92. The van der Waals surface area contributed by atoms with Gasteiger partial charge in [-0.1, -0.05) is 35.9 Å². The van der Waals surface area contributed by atoms with E-state index >= 15 is 0 Å². The predicted molar refractivity (Wildman–Crippen MR) is 107 cm³/mol. The minimum Gasteiger partial charge on any atom is -0.493 e. The summed E-state index contributed by atoms with van der Waals surface area (Å²) in [5, 5.41) is 11.8. The van der Waals surface area contributed by atoms with Crippen molar-refractivity contribution in [3.8, 4) is 17.6 Å². The minimum absolute atomic E-state index is 0.314. The molecule has 6 heteroatoms. The number of carbonyl (C=O) groups excluding carboxylic acids is 1. The van der Waals surface area contributed by atoms with Crippen LogP contribution in [0.1, 0.15) is 20.8 Å². The van der Waals surface area contributed by atoms with Crippen LogP contribution < -0.4 is 9.47 Å². The van der Waals surface area contributed by atoms with E-state index in [4.69, 9.17) is 21.1 Å². The Morgan fingerprint density at radius 2 is 2.00 bits per heavy atom. The van der Waals surface area contributed by atoms with Crippen molar-refractivity contribution in [3.05, 3.63) is 81.0 Å². The number of nitriles is 1. The topological polar surface area (TPSA) is 59.3 Å². The Morgan fingerprint density at radius 3 is 2.67 bits per heavy atom. The van der Waals surface area contributed by atoms with Gasteiger partial charge in [0.25, 0.3) is 0 Å². The van der Waals surface area contributed by atoms with Crippen LogP contribution in [0.3, 0.4) is 0 Å². The van der Waals surface area contributed by atoms with Crippen LogP contribution in [0.25, 0.3) is 11.6 Å². The van der Waals surface area contributed by atoms with Gasteiger partial charge in [-0.05, 0) is 52.9 Å². The molecule has 0 bridgehead atoms. The number of allylic oxidation sites excluding steroid dienone is 1. The third kappa shape index (κ3) is 4.56. The van der Waals surface area contributed by atoms with Crippen molar-refractivity contribution in [2.75, 3.05) is 7.11 Å². The van der Waals surface area contributed by atoms with Crippen LogP contribution >= 0.6 is 22.9 Å². The second-order valence-electron chi connectivity index (χ2n) is 5.46. The van der Waals surface area contributed by atoms with Gasteiger partial charge in [0.1, 0.15) is 4.88 Å². The second kappa shape index (κ2) is 8.54. The number of carbonyl (C=O) groups is 1. The summed E-state index contributed by atoms with van der Waals surface area (Å²) in [6.07, 6.45) is 1.72. The van der Waals surface area contributed by atoms with Gasteiger partial charge in [0.15, 0.2) is 11.5 Å². The Kier molecular flexibility index (Phi) is 5.92. The number of thiophene rings is 1. The quantitative estimate of drug-likeness (QED) is 0.241. The lowest BCUT2D eigenvalue weighted by molar-refractivity contribution is 0.0735. The first kappa shape index (κ1) is 18.7. The molecule has 0 saturated heterocycles. The molecule has 2 aromatic carbocycles. The molecule has 0 atom stereocenters. The molecular formula is C21H14ClNO3S. The highest BCUT2D eigenvalue weighted by molar-refractivity contribution is 7.12. The molecule has 4 nitrogen and oxygen atoms in total. The molecule has 0 aliphatic carbocycles. The highest BCUT2D eigenvalue weighted by Gasteiger charge is 2.13. The molecule has 0 radical (unpaired) electrons. The number of ether oxygens (including phenoxy) is 2. The first-order chi connectivity index (χ1) is 13.1. The summed E-state index contributed by atoms with van der Waals surface area (Å²) in [6, 6.07) is 17.8. The lowest BCUT2D eigenvalue weighted by atomic mass is 10.0. The number of benzene rings is 2. The van der Waals surface area contributed by atoms with Crippen molar-refractivity contribution >= 4 is 40.6 Å². The zero-order chi connectivity index (χ0) is 19.2. The average molecular weight is 396 g/mol. The Balaban J connectivity index is 1.89. The Morgan fingerprint density at radius 1 is 1.15 bits per heavy atom. The molecule has 0 aliphatic heterocycles. The van der Waals surface area contributed by atoms with Crippen molar-refractivity contribution in [3.63, 3.8) is 0 Å². The fourth-order valence-corrected chi connectivity index (χ4v) is 3.20. The standard InChI is InChI=1S/C21H14ClNO3S/c1-25-19-11-14(10-16(13-23)15-4-2-5-17(22)12-15)7-8-18(19)26-21(24)20-6-3-9-27-20/h2-12H,1H3/b16-10-. The fourth-order valence-electron chi connectivity index (χ4n) is 2.41. The Labute approximate surface area is 165 Å². The largest absolute Gasteiger partial charge is 0.493 e. The molecule has 0 fully saturated rings. The van der Waals surface area contributed by atoms with Crippen LogP contribution in [-0.4, -0.2) is 13.1 Å². The zero-order valence-electron chi connectivity index (χ0n) is 14.3. The maximum absolute atomic E-state index is 12.1. The third-order valence-electron chi connectivity index (χ3n) is 3.68. The van der Waals surface area contributed by atoms with Crippen molar-refractivity contribution in [2.24, 2.45) is 0 Å². The summed E-state index contributed by atoms with van der Waals surface area (Å²) < 4.78 is 10.7. The number of nitrogens with zero attached hydrogens (tertiary/aromatic N) is 1. The third-order valence-corrected chi connectivity index (χ3v) is 4.76. The van der Waals surface area contributed by atoms with Gasteiger partial charge in [-0.2, -0.15) is 5.26 Å². The highest BCUT2D eigenvalue weighted by Crippen LogP contribution is 2.31. The molecule has 0 unspecified atom stereocenters. The Hall–Kier alpha value is -3.07. The molecular weight excluding hydrogens is 382 g/mol. The first-order valence-electron chi connectivity index (χ1n) is 7.92. The molecule has 134 valence electrons. The molecule has 0 amide bonds. The summed E-state index contributed by atoms with van der Waals surface area (Å²) in [7, 11) is 1.49. The van der Waals surface area contributed by atoms with Crippen LogP contribution in [-0.2, 0) is 0 Å². The van der Waals surface area contributed by atoms with Gasteiger partial charge in [-0.15, -0.1) is 11.3 Å². The smallest absolute Gasteiger partial charge is 0.353 e. The zero-order valence-corrected chi connectivity index (χ0v) is 15.9. The first-order valence-corrected chi connectivity index (χ1v) is 9.18. The van der Waals surface area contributed by atoms with Gasteiger partial charge in [0.2, 0.25) is 0 Å². The SMILES string of the molecule is COc1cc(/C=C(/C#N)c2cccc(Cl)c2)ccc1OC(=O)c1cccs1. The van der Waals surface area contributed by atoms with Gasteiger partial charge in [-0.25, -0.2) is 4.79 Å². The van der Waals surface area contributed by atoms with Crippen LogP contribution in [0.5, 0.6) is 11.5 Å². The monoisotopic (exact) mass is 395 g/mol. The molecule has 0 spiro atoms. The van der Waals surface area contributed by atoms with Gasteiger partial charge in [0, 0.05) is 5.02 Å². The number of rotatable bonds is 5. The maximum Gasteiger partial charge on any atom is 0.353 e. The van der Waals surface area contributed by atoms with E-state index in [0.29, 0.717) is 27.0 Å². The van der Waals surface area contributed by atoms with E-state index in [1.165, 1.54) is 18.4 Å². The second-order valence-corrected chi connectivity index (χ2v) is 6.84. The number of methoxy groups -OCH3 is 1. The van der Waals surface area contributed by atoms with Crippen molar-refractivity contribution < 1.29 is 14.3 Å². The molecule has 27 heavy (non-hydrogen) atoms. The van der Waals surface area contributed by atoms with E-state index in [1.807, 2.05) is 6.07 Å².